The Kier molecular flexibility index (Phi) is 5.88. The highest BCUT2D eigenvalue weighted by molar-refractivity contribution is 7.15. The SMILES string of the molecule is CC(C)CC(O)CNC(=O)Nc1nnc(C(C)(C)C)s1. The predicted molar refractivity (Wildman–Crippen MR) is 81.1 cm³/mol. The smallest absolute Gasteiger partial charge is 0.321 e. The fourth-order valence-corrected chi connectivity index (χ4v) is 2.35. The number of carbonyl (C=O) groups excluding carboxylic acids is 1. The zero-order valence-corrected chi connectivity index (χ0v) is 13.5. The largest absolute Gasteiger partial charge is 0.391 e. The lowest BCUT2D eigenvalue weighted by Gasteiger charge is -2.13. The Balaban J connectivity index is 2.41. The highest BCUT2D eigenvalue weighted by Crippen LogP contribution is 2.27. The summed E-state index contributed by atoms with van der Waals surface area (Å²) in [6, 6.07) is -0.371. The molecule has 1 heterocycles. The maximum Gasteiger partial charge on any atom is 0.321 e. The maximum atomic E-state index is 11.7. The van der Waals surface area contributed by atoms with E-state index in [0.29, 0.717) is 17.5 Å². The third kappa shape index (κ3) is 5.83. The first-order chi connectivity index (χ1) is 9.18. The summed E-state index contributed by atoms with van der Waals surface area (Å²) in [5.41, 5.74) is -0.0818. The van der Waals surface area contributed by atoms with Crippen LogP contribution in [-0.2, 0) is 5.41 Å². The first-order valence-corrected chi connectivity index (χ1v) is 7.57. The number of aliphatic hydroxyl groups is 1. The number of hydrogen-bond donors (Lipinski definition) is 3. The molecule has 7 heteroatoms. The van der Waals surface area contributed by atoms with Gasteiger partial charge in [0, 0.05) is 12.0 Å². The summed E-state index contributed by atoms with van der Waals surface area (Å²) in [5, 5.41) is 24.2. The van der Waals surface area contributed by atoms with Gasteiger partial charge in [-0.3, -0.25) is 5.32 Å². The molecule has 20 heavy (non-hydrogen) atoms. The lowest BCUT2D eigenvalue weighted by Crippen LogP contribution is -2.35. The molecule has 1 unspecified atom stereocenters. The van der Waals surface area contributed by atoms with Crippen molar-refractivity contribution in [1.82, 2.24) is 15.5 Å². The summed E-state index contributed by atoms with van der Waals surface area (Å²) in [4.78, 5) is 11.7. The summed E-state index contributed by atoms with van der Waals surface area (Å²) < 4.78 is 0. The topological polar surface area (TPSA) is 87.1 Å². The highest BCUT2D eigenvalue weighted by Gasteiger charge is 2.20. The summed E-state index contributed by atoms with van der Waals surface area (Å²) >= 11 is 1.36. The van der Waals surface area contributed by atoms with E-state index in [1.807, 2.05) is 34.6 Å². The molecule has 1 aromatic heterocycles. The molecule has 1 atom stereocenters. The van der Waals surface area contributed by atoms with Gasteiger partial charge in [0.05, 0.1) is 6.10 Å². The van der Waals surface area contributed by atoms with E-state index >= 15 is 0 Å². The molecule has 0 aliphatic heterocycles. The average Bonchev–Trinajstić information content (AvgIpc) is 2.73. The van der Waals surface area contributed by atoms with Crippen molar-refractivity contribution in [1.29, 1.82) is 0 Å². The van der Waals surface area contributed by atoms with E-state index < -0.39 is 6.10 Å². The van der Waals surface area contributed by atoms with Crippen LogP contribution in [-0.4, -0.2) is 34.0 Å². The van der Waals surface area contributed by atoms with E-state index in [4.69, 9.17) is 0 Å². The Labute approximate surface area is 124 Å². The summed E-state index contributed by atoms with van der Waals surface area (Å²) in [6.07, 6.45) is 0.132. The number of aliphatic hydroxyl groups excluding tert-OH is 1. The molecule has 0 saturated heterocycles. The number of amides is 2. The van der Waals surface area contributed by atoms with Gasteiger partial charge in [-0.25, -0.2) is 4.79 Å². The van der Waals surface area contributed by atoms with E-state index in [1.165, 1.54) is 11.3 Å². The molecular weight excluding hydrogens is 276 g/mol. The number of urea groups is 1. The van der Waals surface area contributed by atoms with E-state index in [1.54, 1.807) is 0 Å². The maximum absolute atomic E-state index is 11.7. The predicted octanol–water partition coefficient (Wildman–Crippen LogP) is 2.36. The Bertz CT molecular complexity index is 440. The first-order valence-electron chi connectivity index (χ1n) is 6.75. The summed E-state index contributed by atoms with van der Waals surface area (Å²) in [5.74, 6) is 0.396. The summed E-state index contributed by atoms with van der Waals surface area (Å²) in [6.45, 7) is 10.4. The van der Waals surface area contributed by atoms with Gasteiger partial charge < -0.3 is 10.4 Å². The van der Waals surface area contributed by atoms with Crippen LogP contribution in [0.3, 0.4) is 0 Å². The molecule has 2 amide bonds. The van der Waals surface area contributed by atoms with Crippen molar-refractivity contribution in [2.45, 2.75) is 52.6 Å². The van der Waals surface area contributed by atoms with Crippen LogP contribution in [0.5, 0.6) is 0 Å². The van der Waals surface area contributed by atoms with Gasteiger partial charge >= 0.3 is 6.03 Å². The van der Waals surface area contributed by atoms with Crippen molar-refractivity contribution in [3.05, 3.63) is 5.01 Å². The van der Waals surface area contributed by atoms with Crippen LogP contribution in [0, 0.1) is 5.92 Å². The highest BCUT2D eigenvalue weighted by atomic mass is 32.1. The molecule has 0 aliphatic rings. The van der Waals surface area contributed by atoms with Gasteiger partial charge in [-0.2, -0.15) is 0 Å². The normalized spacial score (nSPS) is 13.3. The molecule has 0 aliphatic carbocycles. The zero-order valence-electron chi connectivity index (χ0n) is 12.7. The molecule has 0 radical (unpaired) electrons. The minimum absolute atomic E-state index is 0.0818. The molecule has 0 spiro atoms. The van der Waals surface area contributed by atoms with Crippen molar-refractivity contribution in [3.63, 3.8) is 0 Å². The molecule has 114 valence electrons. The number of nitrogens with zero attached hydrogens (tertiary/aromatic N) is 2. The third-order valence-electron chi connectivity index (χ3n) is 2.53. The second-order valence-electron chi connectivity index (χ2n) is 6.28. The van der Waals surface area contributed by atoms with Crippen LogP contribution in [0.25, 0.3) is 0 Å². The van der Waals surface area contributed by atoms with Gasteiger partial charge in [-0.1, -0.05) is 46.0 Å². The van der Waals surface area contributed by atoms with Gasteiger partial charge in [0.25, 0.3) is 0 Å². The number of aromatic nitrogens is 2. The van der Waals surface area contributed by atoms with Crippen molar-refractivity contribution in [2.75, 3.05) is 11.9 Å². The first kappa shape index (κ1) is 16.8. The third-order valence-corrected chi connectivity index (χ3v) is 3.79. The van der Waals surface area contributed by atoms with Crippen LogP contribution in [0.2, 0.25) is 0 Å². The lowest BCUT2D eigenvalue weighted by atomic mass is 9.98. The number of hydrogen-bond acceptors (Lipinski definition) is 5. The standard InChI is InChI=1S/C13H24N4O2S/c1-8(2)6-9(18)7-14-11(19)15-12-17-16-10(20-12)13(3,4)5/h8-9,18H,6-7H2,1-5H3,(H2,14,15,17,19). The van der Waals surface area contributed by atoms with Crippen LogP contribution < -0.4 is 10.6 Å². The van der Waals surface area contributed by atoms with Gasteiger partial charge in [0.2, 0.25) is 5.13 Å². The number of rotatable bonds is 5. The minimum atomic E-state index is -0.527. The van der Waals surface area contributed by atoms with Gasteiger partial charge in [-0.15, -0.1) is 10.2 Å². The lowest BCUT2D eigenvalue weighted by molar-refractivity contribution is 0.148. The number of carbonyl (C=O) groups is 1. The van der Waals surface area contributed by atoms with Gasteiger partial charge in [0.1, 0.15) is 5.01 Å². The molecule has 6 nitrogen and oxygen atoms in total. The van der Waals surface area contributed by atoms with Crippen LogP contribution in [0.1, 0.15) is 46.0 Å². The van der Waals surface area contributed by atoms with Crippen molar-refractivity contribution in [3.8, 4) is 0 Å². The quantitative estimate of drug-likeness (QED) is 0.779. The van der Waals surface area contributed by atoms with E-state index in [-0.39, 0.29) is 18.0 Å². The summed E-state index contributed by atoms with van der Waals surface area (Å²) in [7, 11) is 0. The fraction of sp³-hybridized carbons (Fsp3) is 0.769. The minimum Gasteiger partial charge on any atom is -0.391 e. The second kappa shape index (κ2) is 6.99. The van der Waals surface area contributed by atoms with Crippen molar-refractivity contribution >= 4 is 22.5 Å². The molecule has 0 saturated carbocycles. The Morgan fingerprint density at radius 3 is 2.50 bits per heavy atom. The molecule has 0 aromatic carbocycles. The monoisotopic (exact) mass is 300 g/mol. The average molecular weight is 300 g/mol. The van der Waals surface area contributed by atoms with Crippen LogP contribution in [0.15, 0.2) is 0 Å². The molecule has 0 fully saturated rings. The van der Waals surface area contributed by atoms with E-state index in [2.05, 4.69) is 20.8 Å². The Morgan fingerprint density at radius 2 is 2.00 bits per heavy atom. The number of anilines is 1. The van der Waals surface area contributed by atoms with Gasteiger partial charge in [-0.05, 0) is 12.3 Å². The van der Waals surface area contributed by atoms with Crippen molar-refractivity contribution < 1.29 is 9.90 Å². The zero-order chi connectivity index (χ0) is 15.3. The molecule has 1 rings (SSSR count). The Hall–Kier alpha value is -1.21. The molecule has 3 N–H and O–H groups in total. The Morgan fingerprint density at radius 1 is 1.35 bits per heavy atom. The fourth-order valence-electron chi connectivity index (χ4n) is 1.56. The number of nitrogens with one attached hydrogen (secondary N) is 2. The molecule has 1 aromatic rings. The second-order valence-corrected chi connectivity index (χ2v) is 7.26. The van der Waals surface area contributed by atoms with Gasteiger partial charge in [0.15, 0.2) is 0 Å². The van der Waals surface area contributed by atoms with Crippen molar-refractivity contribution in [2.24, 2.45) is 5.92 Å². The van der Waals surface area contributed by atoms with Crippen LogP contribution in [0.4, 0.5) is 9.93 Å². The molecule has 0 bridgehead atoms. The van der Waals surface area contributed by atoms with E-state index in [9.17, 15) is 9.90 Å². The van der Waals surface area contributed by atoms with E-state index in [0.717, 1.165) is 5.01 Å². The van der Waals surface area contributed by atoms with Crippen LogP contribution >= 0.6 is 11.3 Å². The molecular formula is C13H24N4O2S.